The molecule has 1 N–H and O–H groups in total. The minimum atomic E-state index is -4.58. The van der Waals surface area contributed by atoms with Crippen LogP contribution < -0.4 is 23.7 Å². The smallest absolute Gasteiger partial charge is 0.416 e. The molecule has 1 saturated heterocycles. The van der Waals surface area contributed by atoms with Crippen molar-refractivity contribution in [2.24, 2.45) is 0 Å². The van der Waals surface area contributed by atoms with Crippen molar-refractivity contribution >= 4 is 16.0 Å². The number of fused-ring (bicyclic) bond motifs is 1. The van der Waals surface area contributed by atoms with Crippen molar-refractivity contribution in [3.8, 4) is 23.0 Å². The van der Waals surface area contributed by atoms with Crippen molar-refractivity contribution in [2.75, 3.05) is 34.7 Å². The van der Waals surface area contributed by atoms with E-state index in [9.17, 15) is 26.4 Å². The van der Waals surface area contributed by atoms with Crippen LogP contribution in [-0.2, 0) is 32.1 Å². The molecule has 1 fully saturated rings. The number of halogens is 3. The molecule has 5 rings (SSSR count). The van der Waals surface area contributed by atoms with Gasteiger partial charge in [-0.2, -0.15) is 13.2 Å². The molecule has 14 heteroatoms. The Hall–Kier alpha value is -4.01. The molecule has 224 valence electrons. The van der Waals surface area contributed by atoms with Crippen LogP contribution in [0, 0.1) is 0 Å². The van der Waals surface area contributed by atoms with E-state index in [0.717, 1.165) is 12.1 Å². The molecule has 0 bridgehead atoms. The van der Waals surface area contributed by atoms with E-state index >= 15 is 0 Å². The molecule has 2 aliphatic heterocycles. The maximum absolute atomic E-state index is 12.9. The maximum Gasteiger partial charge on any atom is 0.416 e. The third-order valence-electron chi connectivity index (χ3n) is 6.88. The highest BCUT2D eigenvalue weighted by molar-refractivity contribution is 7.89. The minimum absolute atomic E-state index is 0.00982. The zero-order chi connectivity index (χ0) is 30.2. The maximum atomic E-state index is 12.9. The first-order valence-corrected chi connectivity index (χ1v) is 14.0. The number of esters is 1. The number of alkyl halides is 3. The highest BCUT2D eigenvalue weighted by Gasteiger charge is 2.46. The highest BCUT2D eigenvalue weighted by atomic mass is 32.2. The van der Waals surface area contributed by atoms with Gasteiger partial charge in [-0.3, -0.25) is 0 Å². The van der Waals surface area contributed by atoms with Crippen LogP contribution in [0.4, 0.5) is 13.2 Å². The van der Waals surface area contributed by atoms with Gasteiger partial charge < -0.3 is 28.4 Å². The number of sulfonamides is 1. The fourth-order valence-electron chi connectivity index (χ4n) is 4.78. The van der Waals surface area contributed by atoms with Gasteiger partial charge >= 0.3 is 12.1 Å². The summed E-state index contributed by atoms with van der Waals surface area (Å²) >= 11 is 0. The summed E-state index contributed by atoms with van der Waals surface area (Å²) in [7, 11) is 0.00636. The third kappa shape index (κ3) is 5.69. The Morgan fingerprint density at radius 1 is 0.952 bits per heavy atom. The number of nitrogens with one attached hydrogen (secondary N) is 1. The fourth-order valence-corrected chi connectivity index (χ4v) is 5.82. The zero-order valence-electron chi connectivity index (χ0n) is 22.6. The third-order valence-corrected chi connectivity index (χ3v) is 8.36. The van der Waals surface area contributed by atoms with E-state index in [1.807, 2.05) is 0 Å². The van der Waals surface area contributed by atoms with Crippen molar-refractivity contribution in [2.45, 2.75) is 29.7 Å². The lowest BCUT2D eigenvalue weighted by molar-refractivity contribution is -0.137. The van der Waals surface area contributed by atoms with Gasteiger partial charge in [-0.15, -0.1) is 0 Å². The summed E-state index contributed by atoms with van der Waals surface area (Å²) in [5.41, 5.74) is 1.08. The monoisotopic (exact) mass is 609 g/mol. The average molecular weight is 610 g/mol. The first-order chi connectivity index (χ1) is 20.0. The number of methoxy groups -OCH3 is 3. The van der Waals surface area contributed by atoms with E-state index < -0.39 is 39.9 Å². The van der Waals surface area contributed by atoms with Crippen LogP contribution in [0.1, 0.15) is 44.8 Å². The van der Waals surface area contributed by atoms with Crippen molar-refractivity contribution in [3.63, 3.8) is 0 Å². The second-order valence-corrected chi connectivity index (χ2v) is 11.1. The molecule has 2 heterocycles. The Balaban J connectivity index is 1.39. The molecular formula is C28H26F3NO9S. The van der Waals surface area contributed by atoms with E-state index in [4.69, 9.17) is 28.4 Å². The van der Waals surface area contributed by atoms with E-state index in [1.165, 1.54) is 21.3 Å². The molecule has 0 radical (unpaired) electrons. The number of carbonyl (C=O) groups excluding carboxylic acids is 1. The van der Waals surface area contributed by atoms with Crippen LogP contribution in [0.2, 0.25) is 0 Å². The zero-order valence-corrected chi connectivity index (χ0v) is 23.4. The first kappa shape index (κ1) is 29.5. The standard InChI is InChI=1S/C28H26F3NO9S/c1-36-20-9-8-18(23(26(20)37-2)27(33)38-3)24-25(41-24)19-13-22-21(39-14-40-22)12-15(19)10-11-32-42(34,35)17-6-4-16(5-7-17)28(29,30)31/h4-9,12-13,24-25,32H,10-11,14H2,1-3H3/t24-,25-/m0/s1. The molecule has 42 heavy (non-hydrogen) atoms. The summed E-state index contributed by atoms with van der Waals surface area (Å²) in [5.74, 6) is 0.841. The summed E-state index contributed by atoms with van der Waals surface area (Å²) in [6.07, 6.45) is -5.49. The number of epoxide rings is 1. The Labute approximate surface area is 239 Å². The lowest BCUT2D eigenvalue weighted by atomic mass is 9.94. The van der Waals surface area contributed by atoms with Crippen LogP contribution in [0.25, 0.3) is 0 Å². The Bertz CT molecular complexity index is 1610. The van der Waals surface area contributed by atoms with E-state index in [2.05, 4.69) is 4.72 Å². The second-order valence-electron chi connectivity index (χ2n) is 9.31. The molecule has 0 aliphatic carbocycles. The molecule has 2 atom stereocenters. The van der Waals surface area contributed by atoms with Crippen LogP contribution in [0.5, 0.6) is 23.0 Å². The number of rotatable bonds is 10. The topological polar surface area (TPSA) is 122 Å². The summed E-state index contributed by atoms with van der Waals surface area (Å²) in [4.78, 5) is 12.4. The molecule has 0 unspecified atom stereocenters. The molecule has 3 aromatic carbocycles. The van der Waals surface area contributed by atoms with Crippen molar-refractivity contribution in [3.05, 3.63) is 76.3 Å². The van der Waals surface area contributed by atoms with Crippen molar-refractivity contribution in [1.82, 2.24) is 4.72 Å². The SMILES string of the molecule is COC(=O)c1c([C@@H]2O[C@H]2c2cc3c(cc2CCNS(=O)(=O)c2ccc(C(F)(F)F)cc2)OCO3)ccc(OC)c1OC. The predicted molar refractivity (Wildman–Crippen MR) is 140 cm³/mol. The van der Waals surface area contributed by atoms with Gasteiger partial charge in [0.25, 0.3) is 0 Å². The van der Waals surface area contributed by atoms with Crippen molar-refractivity contribution < 1.29 is 54.8 Å². The number of benzene rings is 3. The van der Waals surface area contributed by atoms with Gasteiger partial charge in [0.1, 0.15) is 17.8 Å². The Kier molecular flexibility index (Phi) is 7.96. The van der Waals surface area contributed by atoms with Gasteiger partial charge in [0.15, 0.2) is 23.0 Å². The number of ether oxygens (including phenoxy) is 6. The molecular weight excluding hydrogens is 583 g/mol. The minimum Gasteiger partial charge on any atom is -0.493 e. The van der Waals surface area contributed by atoms with Crippen molar-refractivity contribution in [1.29, 1.82) is 0 Å². The number of carbonyl (C=O) groups is 1. The molecule has 0 spiro atoms. The van der Waals surface area contributed by atoms with Gasteiger partial charge in [0.05, 0.1) is 31.8 Å². The normalized spacial score (nSPS) is 17.6. The summed E-state index contributed by atoms with van der Waals surface area (Å²) in [6, 6.07) is 10.0. The average Bonchev–Trinajstić information content (AvgIpc) is 3.63. The Morgan fingerprint density at radius 2 is 1.62 bits per heavy atom. The van der Waals surface area contributed by atoms with E-state index in [1.54, 1.807) is 24.3 Å². The van der Waals surface area contributed by atoms with Gasteiger partial charge in [-0.05, 0) is 60.0 Å². The lowest BCUT2D eigenvalue weighted by Crippen LogP contribution is -2.26. The summed E-state index contributed by atoms with van der Waals surface area (Å²) < 4.78 is 99.3. The molecule has 0 amide bonds. The number of hydrogen-bond acceptors (Lipinski definition) is 9. The van der Waals surface area contributed by atoms with Crippen LogP contribution in [0.15, 0.2) is 53.4 Å². The quantitative estimate of drug-likeness (QED) is 0.260. The number of hydrogen-bond donors (Lipinski definition) is 1. The van der Waals surface area contributed by atoms with Crippen LogP contribution >= 0.6 is 0 Å². The first-order valence-electron chi connectivity index (χ1n) is 12.6. The molecule has 0 saturated carbocycles. The lowest BCUT2D eigenvalue weighted by Gasteiger charge is -2.15. The van der Waals surface area contributed by atoms with E-state index in [-0.39, 0.29) is 36.0 Å². The van der Waals surface area contributed by atoms with Gasteiger partial charge in [0, 0.05) is 12.1 Å². The largest absolute Gasteiger partial charge is 0.493 e. The van der Waals surface area contributed by atoms with Gasteiger partial charge in [-0.25, -0.2) is 17.9 Å². The van der Waals surface area contributed by atoms with Gasteiger partial charge in [-0.1, -0.05) is 6.07 Å². The highest BCUT2D eigenvalue weighted by Crippen LogP contribution is 2.56. The van der Waals surface area contributed by atoms with Crippen LogP contribution in [-0.4, -0.2) is 49.1 Å². The fraction of sp³-hybridized carbons (Fsp3) is 0.321. The summed E-state index contributed by atoms with van der Waals surface area (Å²) in [6.45, 7) is -0.0624. The molecule has 2 aliphatic rings. The molecule has 10 nitrogen and oxygen atoms in total. The molecule has 3 aromatic rings. The van der Waals surface area contributed by atoms with Crippen LogP contribution in [0.3, 0.4) is 0 Å². The second kappa shape index (κ2) is 11.3. The molecule has 0 aromatic heterocycles. The Morgan fingerprint density at radius 3 is 2.24 bits per heavy atom. The van der Waals surface area contributed by atoms with E-state index in [0.29, 0.717) is 46.1 Å². The summed E-state index contributed by atoms with van der Waals surface area (Å²) in [5, 5.41) is 0. The van der Waals surface area contributed by atoms with Gasteiger partial charge in [0.2, 0.25) is 16.8 Å². The predicted octanol–water partition coefficient (Wildman–Crippen LogP) is 4.57.